The Balaban J connectivity index is 2.85. The molecule has 0 aliphatic rings. The molecule has 1 heterocycles. The highest BCUT2D eigenvalue weighted by molar-refractivity contribution is 5.77. The summed E-state index contributed by atoms with van der Waals surface area (Å²) in [6.07, 6.45) is 2.22. The highest BCUT2D eigenvalue weighted by Crippen LogP contribution is 2.25. The van der Waals surface area contributed by atoms with Crippen LogP contribution in [-0.2, 0) is 4.74 Å². The van der Waals surface area contributed by atoms with E-state index in [4.69, 9.17) is 20.6 Å². The summed E-state index contributed by atoms with van der Waals surface area (Å²) in [5, 5.41) is 7.33. The molecule has 1 aromatic heterocycles. The first-order valence-electron chi connectivity index (χ1n) is 6.33. The molecule has 0 saturated heterocycles. The number of aromatic nitrogens is 1. The standard InChI is InChI=1S/C13H22N4O2/c1-3-19-11-5-4-7-16-13(11)17(9-10-18-2)8-6-12(14)15/h4-5,7H,3,6,8-10H2,1-2H3,(H3,14,15). The number of nitrogens with one attached hydrogen (secondary N) is 1. The number of pyridine rings is 1. The van der Waals surface area contributed by atoms with E-state index in [0.717, 1.165) is 11.6 Å². The van der Waals surface area contributed by atoms with Crippen molar-refractivity contribution in [3.05, 3.63) is 18.3 Å². The van der Waals surface area contributed by atoms with Gasteiger partial charge in [-0.05, 0) is 19.1 Å². The van der Waals surface area contributed by atoms with Crippen molar-refractivity contribution < 1.29 is 9.47 Å². The van der Waals surface area contributed by atoms with E-state index in [1.807, 2.05) is 24.0 Å². The van der Waals surface area contributed by atoms with E-state index >= 15 is 0 Å². The predicted octanol–water partition coefficient (Wildman–Crippen LogP) is 1.26. The van der Waals surface area contributed by atoms with E-state index < -0.39 is 0 Å². The minimum absolute atomic E-state index is 0.163. The van der Waals surface area contributed by atoms with Crippen LogP contribution >= 0.6 is 0 Å². The second kappa shape index (κ2) is 8.31. The van der Waals surface area contributed by atoms with Gasteiger partial charge in [0.15, 0.2) is 11.6 Å². The molecule has 0 unspecified atom stereocenters. The van der Waals surface area contributed by atoms with Crippen LogP contribution in [0.1, 0.15) is 13.3 Å². The molecular weight excluding hydrogens is 244 g/mol. The summed E-state index contributed by atoms with van der Waals surface area (Å²) in [6.45, 7) is 4.41. The summed E-state index contributed by atoms with van der Waals surface area (Å²) in [4.78, 5) is 6.39. The molecule has 6 heteroatoms. The molecule has 0 spiro atoms. The Hall–Kier alpha value is -1.82. The van der Waals surface area contributed by atoms with E-state index in [-0.39, 0.29) is 5.84 Å². The Morgan fingerprint density at radius 2 is 2.26 bits per heavy atom. The van der Waals surface area contributed by atoms with Crippen LogP contribution in [0.5, 0.6) is 5.75 Å². The maximum absolute atomic E-state index is 7.33. The highest BCUT2D eigenvalue weighted by Gasteiger charge is 2.13. The SMILES string of the molecule is CCOc1cccnc1N(CCOC)CCC(=N)N. The van der Waals surface area contributed by atoms with Crippen molar-refractivity contribution in [2.45, 2.75) is 13.3 Å². The quantitative estimate of drug-likeness (QED) is 0.519. The molecule has 0 atom stereocenters. The number of amidine groups is 1. The van der Waals surface area contributed by atoms with Gasteiger partial charge in [-0.2, -0.15) is 0 Å². The van der Waals surface area contributed by atoms with Crippen molar-refractivity contribution in [1.82, 2.24) is 4.98 Å². The topological polar surface area (TPSA) is 84.5 Å². The summed E-state index contributed by atoms with van der Waals surface area (Å²) in [5.74, 6) is 1.67. The van der Waals surface area contributed by atoms with E-state index in [9.17, 15) is 0 Å². The normalized spacial score (nSPS) is 10.2. The first-order chi connectivity index (χ1) is 9.19. The largest absolute Gasteiger partial charge is 0.490 e. The predicted molar refractivity (Wildman–Crippen MR) is 76.0 cm³/mol. The third-order valence-corrected chi connectivity index (χ3v) is 2.57. The zero-order chi connectivity index (χ0) is 14.1. The third kappa shape index (κ3) is 5.13. The smallest absolute Gasteiger partial charge is 0.171 e. The van der Waals surface area contributed by atoms with Crippen molar-refractivity contribution in [2.75, 3.05) is 38.3 Å². The summed E-state index contributed by atoms with van der Waals surface area (Å²) < 4.78 is 10.7. The minimum Gasteiger partial charge on any atom is -0.490 e. The molecule has 0 aliphatic heterocycles. The number of nitrogens with zero attached hydrogens (tertiary/aromatic N) is 2. The third-order valence-electron chi connectivity index (χ3n) is 2.57. The number of hydrogen-bond acceptors (Lipinski definition) is 5. The second-order valence-corrected chi connectivity index (χ2v) is 4.01. The van der Waals surface area contributed by atoms with Crippen molar-refractivity contribution in [2.24, 2.45) is 5.73 Å². The van der Waals surface area contributed by atoms with Crippen molar-refractivity contribution in [1.29, 1.82) is 5.41 Å². The van der Waals surface area contributed by atoms with E-state index in [0.29, 0.717) is 32.7 Å². The molecule has 0 fully saturated rings. The maximum atomic E-state index is 7.33. The van der Waals surface area contributed by atoms with Gasteiger partial charge in [-0.25, -0.2) is 4.98 Å². The highest BCUT2D eigenvalue weighted by atomic mass is 16.5. The van der Waals surface area contributed by atoms with Gasteiger partial charge < -0.3 is 20.1 Å². The molecule has 6 nitrogen and oxygen atoms in total. The first-order valence-corrected chi connectivity index (χ1v) is 6.33. The molecule has 1 aromatic rings. The molecule has 0 radical (unpaired) electrons. The zero-order valence-corrected chi connectivity index (χ0v) is 11.6. The second-order valence-electron chi connectivity index (χ2n) is 4.01. The summed E-state index contributed by atoms with van der Waals surface area (Å²) in [5.41, 5.74) is 5.42. The van der Waals surface area contributed by atoms with Crippen molar-refractivity contribution in [3.63, 3.8) is 0 Å². The van der Waals surface area contributed by atoms with Crippen molar-refractivity contribution >= 4 is 11.7 Å². The molecule has 3 N–H and O–H groups in total. The van der Waals surface area contributed by atoms with Gasteiger partial charge in [0.2, 0.25) is 0 Å². The Morgan fingerprint density at radius 1 is 1.47 bits per heavy atom. The molecule has 0 bridgehead atoms. The van der Waals surface area contributed by atoms with Crippen LogP contribution in [-0.4, -0.2) is 44.2 Å². The molecule has 0 amide bonds. The van der Waals surface area contributed by atoms with Gasteiger partial charge in [0.25, 0.3) is 0 Å². The van der Waals surface area contributed by atoms with Crippen LogP contribution in [0.3, 0.4) is 0 Å². The number of nitrogens with two attached hydrogens (primary N) is 1. The lowest BCUT2D eigenvalue weighted by Crippen LogP contribution is -2.32. The van der Waals surface area contributed by atoms with Gasteiger partial charge in [0.1, 0.15) is 0 Å². The van der Waals surface area contributed by atoms with Crippen LogP contribution < -0.4 is 15.4 Å². The lowest BCUT2D eigenvalue weighted by molar-refractivity contribution is 0.205. The zero-order valence-electron chi connectivity index (χ0n) is 11.6. The van der Waals surface area contributed by atoms with Gasteiger partial charge in [0, 0.05) is 32.8 Å². The molecule has 0 aromatic carbocycles. The van der Waals surface area contributed by atoms with Crippen LogP contribution in [0.15, 0.2) is 18.3 Å². The van der Waals surface area contributed by atoms with Gasteiger partial charge in [-0.1, -0.05) is 0 Å². The van der Waals surface area contributed by atoms with E-state index in [1.165, 1.54) is 0 Å². The van der Waals surface area contributed by atoms with E-state index in [1.54, 1.807) is 13.3 Å². The van der Waals surface area contributed by atoms with Crippen LogP contribution in [0.2, 0.25) is 0 Å². The Bertz CT molecular complexity index is 398. The van der Waals surface area contributed by atoms with Gasteiger partial charge in [-0.15, -0.1) is 0 Å². The summed E-state index contributed by atoms with van der Waals surface area (Å²) in [7, 11) is 1.66. The number of hydrogen-bond donors (Lipinski definition) is 2. The number of methoxy groups -OCH3 is 1. The van der Waals surface area contributed by atoms with Crippen LogP contribution in [0, 0.1) is 5.41 Å². The molecule has 0 saturated carbocycles. The monoisotopic (exact) mass is 266 g/mol. The first kappa shape index (κ1) is 15.2. The Morgan fingerprint density at radius 3 is 2.89 bits per heavy atom. The van der Waals surface area contributed by atoms with Crippen LogP contribution in [0.25, 0.3) is 0 Å². The number of ether oxygens (including phenoxy) is 2. The lowest BCUT2D eigenvalue weighted by Gasteiger charge is -2.25. The Kier molecular flexibility index (Phi) is 6.67. The minimum atomic E-state index is 0.163. The molecule has 106 valence electrons. The average Bonchev–Trinajstić information content (AvgIpc) is 2.40. The van der Waals surface area contributed by atoms with Gasteiger partial charge in [0.05, 0.1) is 19.0 Å². The van der Waals surface area contributed by atoms with Gasteiger partial charge >= 0.3 is 0 Å². The fraction of sp³-hybridized carbons (Fsp3) is 0.538. The molecular formula is C13H22N4O2. The fourth-order valence-corrected chi connectivity index (χ4v) is 1.67. The summed E-state index contributed by atoms with van der Waals surface area (Å²) >= 11 is 0. The fourth-order valence-electron chi connectivity index (χ4n) is 1.67. The average molecular weight is 266 g/mol. The molecule has 19 heavy (non-hydrogen) atoms. The van der Waals surface area contributed by atoms with E-state index in [2.05, 4.69) is 4.98 Å². The lowest BCUT2D eigenvalue weighted by atomic mass is 10.3. The Labute approximate surface area is 114 Å². The van der Waals surface area contributed by atoms with Crippen LogP contribution in [0.4, 0.5) is 5.82 Å². The number of rotatable bonds is 9. The number of anilines is 1. The molecule has 1 rings (SSSR count). The summed E-state index contributed by atoms with van der Waals surface area (Å²) in [6, 6.07) is 3.73. The molecule has 0 aliphatic carbocycles. The van der Waals surface area contributed by atoms with Gasteiger partial charge in [-0.3, -0.25) is 5.41 Å². The maximum Gasteiger partial charge on any atom is 0.171 e. The van der Waals surface area contributed by atoms with Crippen molar-refractivity contribution in [3.8, 4) is 5.75 Å².